The van der Waals surface area contributed by atoms with Crippen LogP contribution in [0.4, 0.5) is 0 Å². The summed E-state index contributed by atoms with van der Waals surface area (Å²) in [4.78, 5) is 2.45. The molecule has 2 unspecified atom stereocenters. The number of hydrogen-bond acceptors (Lipinski definition) is 4. The normalized spacial score (nSPS) is 26.1. The molecular weight excluding hydrogens is 216 g/mol. The Morgan fingerprint density at radius 1 is 1.41 bits per heavy atom. The largest absolute Gasteiger partial charge is 0.354 e. The molecule has 102 valence electrons. The predicted octanol–water partition coefficient (Wildman–Crippen LogP) is 1.44. The number of nitrogens with zero attached hydrogens (tertiary/aromatic N) is 1. The molecule has 4 nitrogen and oxygen atoms in total. The van der Waals surface area contributed by atoms with Gasteiger partial charge in [0.2, 0.25) is 0 Å². The van der Waals surface area contributed by atoms with E-state index in [-0.39, 0.29) is 11.8 Å². The molecule has 1 fully saturated rings. The molecule has 0 aliphatic carbocycles. The van der Waals surface area contributed by atoms with E-state index in [2.05, 4.69) is 18.7 Å². The van der Waals surface area contributed by atoms with Gasteiger partial charge in [0.1, 0.15) is 0 Å². The summed E-state index contributed by atoms with van der Waals surface area (Å²) < 4.78 is 10.9. The SMILES string of the molecule is CCC1CCCN(C(C)(CN)C(OC)OC)C1. The van der Waals surface area contributed by atoms with Crippen LogP contribution in [0.3, 0.4) is 0 Å². The van der Waals surface area contributed by atoms with E-state index >= 15 is 0 Å². The molecule has 0 spiro atoms. The van der Waals surface area contributed by atoms with Crippen molar-refractivity contribution in [3.63, 3.8) is 0 Å². The third kappa shape index (κ3) is 3.19. The van der Waals surface area contributed by atoms with Crippen LogP contribution in [-0.2, 0) is 9.47 Å². The van der Waals surface area contributed by atoms with Crippen LogP contribution >= 0.6 is 0 Å². The third-order valence-corrected chi connectivity index (χ3v) is 4.17. The van der Waals surface area contributed by atoms with Crippen molar-refractivity contribution in [1.82, 2.24) is 4.90 Å². The minimum Gasteiger partial charge on any atom is -0.354 e. The summed E-state index contributed by atoms with van der Waals surface area (Å²) in [5.41, 5.74) is 5.75. The van der Waals surface area contributed by atoms with Gasteiger partial charge in [-0.05, 0) is 32.2 Å². The summed E-state index contributed by atoms with van der Waals surface area (Å²) in [5, 5.41) is 0. The van der Waals surface area contributed by atoms with E-state index in [1.807, 2.05) is 0 Å². The molecule has 1 aliphatic heterocycles. The van der Waals surface area contributed by atoms with E-state index < -0.39 is 0 Å². The quantitative estimate of drug-likeness (QED) is 0.718. The second-order valence-electron chi connectivity index (χ2n) is 5.23. The molecule has 2 N–H and O–H groups in total. The lowest BCUT2D eigenvalue weighted by Crippen LogP contribution is -2.62. The molecule has 17 heavy (non-hydrogen) atoms. The minimum atomic E-state index is -0.261. The fourth-order valence-corrected chi connectivity index (χ4v) is 2.84. The van der Waals surface area contributed by atoms with Crippen LogP contribution in [0, 0.1) is 5.92 Å². The highest BCUT2D eigenvalue weighted by Crippen LogP contribution is 2.28. The third-order valence-electron chi connectivity index (χ3n) is 4.17. The van der Waals surface area contributed by atoms with Gasteiger partial charge in [-0.1, -0.05) is 13.3 Å². The molecular formula is C13H28N2O2. The highest BCUT2D eigenvalue weighted by atomic mass is 16.7. The molecule has 1 saturated heterocycles. The molecule has 1 heterocycles. The molecule has 4 heteroatoms. The van der Waals surface area contributed by atoms with E-state index in [0.717, 1.165) is 19.0 Å². The molecule has 0 radical (unpaired) electrons. The lowest BCUT2D eigenvalue weighted by molar-refractivity contribution is -0.186. The van der Waals surface area contributed by atoms with Crippen molar-refractivity contribution in [2.24, 2.45) is 11.7 Å². The van der Waals surface area contributed by atoms with Gasteiger partial charge in [0.05, 0.1) is 5.54 Å². The van der Waals surface area contributed by atoms with E-state index in [9.17, 15) is 0 Å². The Bertz CT molecular complexity index is 221. The van der Waals surface area contributed by atoms with Gasteiger partial charge in [-0.2, -0.15) is 0 Å². The highest BCUT2D eigenvalue weighted by Gasteiger charge is 2.41. The van der Waals surface area contributed by atoms with Gasteiger partial charge in [0.15, 0.2) is 6.29 Å². The molecule has 0 bridgehead atoms. The zero-order chi connectivity index (χ0) is 12.9. The van der Waals surface area contributed by atoms with Crippen LogP contribution < -0.4 is 5.73 Å². The summed E-state index contributed by atoms with van der Waals surface area (Å²) in [6.07, 6.45) is 3.55. The van der Waals surface area contributed by atoms with Gasteiger partial charge in [0.25, 0.3) is 0 Å². The summed E-state index contributed by atoms with van der Waals surface area (Å²) >= 11 is 0. The predicted molar refractivity (Wildman–Crippen MR) is 69.9 cm³/mol. The Hall–Kier alpha value is -0.160. The first-order chi connectivity index (χ1) is 8.12. The fraction of sp³-hybridized carbons (Fsp3) is 1.00. The summed E-state index contributed by atoms with van der Waals surface area (Å²) in [6.45, 7) is 7.15. The first kappa shape index (κ1) is 14.9. The van der Waals surface area contributed by atoms with Crippen molar-refractivity contribution < 1.29 is 9.47 Å². The maximum Gasteiger partial charge on any atom is 0.176 e. The molecule has 1 rings (SSSR count). The van der Waals surface area contributed by atoms with Gasteiger partial charge < -0.3 is 15.2 Å². The average Bonchev–Trinajstić information content (AvgIpc) is 2.39. The Balaban J connectivity index is 2.76. The van der Waals surface area contributed by atoms with E-state index in [0.29, 0.717) is 6.54 Å². The second kappa shape index (κ2) is 6.69. The van der Waals surface area contributed by atoms with Crippen molar-refractivity contribution in [2.45, 2.75) is 44.9 Å². The lowest BCUT2D eigenvalue weighted by atomic mass is 9.89. The fourth-order valence-electron chi connectivity index (χ4n) is 2.84. The second-order valence-corrected chi connectivity index (χ2v) is 5.23. The number of nitrogens with two attached hydrogens (primary N) is 1. The zero-order valence-corrected chi connectivity index (χ0v) is 11.7. The van der Waals surface area contributed by atoms with Gasteiger partial charge in [0, 0.05) is 27.3 Å². The van der Waals surface area contributed by atoms with E-state index in [1.54, 1.807) is 14.2 Å². The van der Waals surface area contributed by atoms with Crippen LogP contribution in [-0.4, -0.2) is 50.6 Å². The number of ether oxygens (including phenoxy) is 2. The lowest BCUT2D eigenvalue weighted by Gasteiger charge is -2.47. The van der Waals surface area contributed by atoms with Crippen LogP contribution in [0.15, 0.2) is 0 Å². The summed E-state index contributed by atoms with van der Waals surface area (Å²) in [5.74, 6) is 0.781. The number of likely N-dealkylation sites (tertiary alicyclic amines) is 1. The van der Waals surface area contributed by atoms with Crippen molar-refractivity contribution in [2.75, 3.05) is 33.9 Å². The minimum absolute atomic E-state index is 0.225. The van der Waals surface area contributed by atoms with Crippen LogP contribution in [0.5, 0.6) is 0 Å². The van der Waals surface area contributed by atoms with Crippen LogP contribution in [0.2, 0.25) is 0 Å². The van der Waals surface area contributed by atoms with E-state index in [4.69, 9.17) is 15.2 Å². The maximum atomic E-state index is 5.98. The summed E-state index contributed by atoms with van der Waals surface area (Å²) in [7, 11) is 3.37. The standard InChI is InChI=1S/C13H28N2O2/c1-5-11-7-6-8-15(9-11)13(2,10-14)12(16-3)17-4/h11-12H,5-10,14H2,1-4H3. The van der Waals surface area contributed by atoms with Gasteiger partial charge in [-0.25, -0.2) is 0 Å². The zero-order valence-electron chi connectivity index (χ0n) is 11.7. The topological polar surface area (TPSA) is 47.7 Å². The molecule has 1 aliphatic rings. The van der Waals surface area contributed by atoms with Crippen molar-refractivity contribution >= 4 is 0 Å². The molecule has 0 saturated carbocycles. The van der Waals surface area contributed by atoms with Crippen molar-refractivity contribution in [3.8, 4) is 0 Å². The van der Waals surface area contributed by atoms with Crippen molar-refractivity contribution in [1.29, 1.82) is 0 Å². The number of rotatable bonds is 6. The maximum absolute atomic E-state index is 5.98. The van der Waals surface area contributed by atoms with Crippen LogP contribution in [0.25, 0.3) is 0 Å². The molecule has 0 aromatic carbocycles. The average molecular weight is 244 g/mol. The van der Waals surface area contributed by atoms with Crippen LogP contribution in [0.1, 0.15) is 33.1 Å². The monoisotopic (exact) mass is 244 g/mol. The number of hydrogen-bond donors (Lipinski definition) is 1. The molecule has 0 amide bonds. The smallest absolute Gasteiger partial charge is 0.176 e. The van der Waals surface area contributed by atoms with E-state index in [1.165, 1.54) is 19.3 Å². The van der Waals surface area contributed by atoms with Gasteiger partial charge in [-0.3, -0.25) is 4.90 Å². The van der Waals surface area contributed by atoms with Gasteiger partial charge >= 0.3 is 0 Å². The first-order valence-electron chi connectivity index (χ1n) is 6.63. The molecule has 0 aromatic heterocycles. The summed E-state index contributed by atoms with van der Waals surface area (Å²) in [6, 6.07) is 0. The Morgan fingerprint density at radius 2 is 2.06 bits per heavy atom. The van der Waals surface area contributed by atoms with Gasteiger partial charge in [-0.15, -0.1) is 0 Å². The number of methoxy groups -OCH3 is 2. The molecule has 2 atom stereocenters. The number of piperidine rings is 1. The Kier molecular flexibility index (Phi) is 5.86. The Morgan fingerprint density at radius 3 is 2.53 bits per heavy atom. The highest BCUT2D eigenvalue weighted by molar-refractivity contribution is 4.93. The molecule has 0 aromatic rings. The first-order valence-corrected chi connectivity index (χ1v) is 6.63. The van der Waals surface area contributed by atoms with Crippen molar-refractivity contribution in [3.05, 3.63) is 0 Å². The Labute approximate surface area is 105 Å².